The van der Waals surface area contributed by atoms with Gasteiger partial charge in [0.05, 0.1) is 13.7 Å². The van der Waals surface area contributed by atoms with Crippen LogP contribution in [0, 0.1) is 0 Å². The van der Waals surface area contributed by atoms with E-state index in [1.807, 2.05) is 30.3 Å². The maximum Gasteiger partial charge on any atom is 0.195 e. The van der Waals surface area contributed by atoms with Gasteiger partial charge in [-0.3, -0.25) is 4.79 Å². The Balaban J connectivity index is 2.16. The van der Waals surface area contributed by atoms with Crippen molar-refractivity contribution in [2.45, 2.75) is 6.61 Å². The first-order valence-electron chi connectivity index (χ1n) is 8.30. The summed E-state index contributed by atoms with van der Waals surface area (Å²) in [6, 6.07) is 12.8. The summed E-state index contributed by atoms with van der Waals surface area (Å²) >= 11 is 0. The standard InChI is InChI=1S/C20H24O7/c1-22-13-26-16-9-18(24-3)20(19(10-16)27-14-23-2)17(21)12-25-11-15-7-5-4-6-8-15/h4-10H,11-14H2,1-3H3. The summed E-state index contributed by atoms with van der Waals surface area (Å²) in [6.07, 6.45) is 0. The van der Waals surface area contributed by atoms with Crippen LogP contribution in [-0.2, 0) is 20.8 Å². The lowest BCUT2D eigenvalue weighted by Crippen LogP contribution is -2.14. The predicted molar refractivity (Wildman–Crippen MR) is 98.4 cm³/mol. The van der Waals surface area contributed by atoms with Crippen LogP contribution >= 0.6 is 0 Å². The minimum atomic E-state index is -0.271. The lowest BCUT2D eigenvalue weighted by Gasteiger charge is -2.16. The first-order chi connectivity index (χ1) is 13.2. The number of hydrogen-bond donors (Lipinski definition) is 0. The zero-order valence-corrected chi connectivity index (χ0v) is 15.7. The SMILES string of the molecule is COCOc1cc(OC)c(C(=O)COCc2ccccc2)c(OCOC)c1. The van der Waals surface area contributed by atoms with Gasteiger partial charge >= 0.3 is 0 Å². The molecule has 0 amide bonds. The van der Waals surface area contributed by atoms with Gasteiger partial charge < -0.3 is 28.4 Å². The van der Waals surface area contributed by atoms with E-state index in [0.29, 0.717) is 18.1 Å². The number of methoxy groups -OCH3 is 3. The molecule has 2 aromatic rings. The second-order valence-electron chi connectivity index (χ2n) is 5.50. The Bertz CT molecular complexity index is 716. The topological polar surface area (TPSA) is 72.5 Å². The molecule has 0 heterocycles. The van der Waals surface area contributed by atoms with Crippen LogP contribution in [-0.4, -0.2) is 47.3 Å². The van der Waals surface area contributed by atoms with Crippen molar-refractivity contribution >= 4 is 5.78 Å². The molecule has 0 spiro atoms. The van der Waals surface area contributed by atoms with Crippen LogP contribution in [0.15, 0.2) is 42.5 Å². The van der Waals surface area contributed by atoms with Crippen molar-refractivity contribution in [2.24, 2.45) is 0 Å². The van der Waals surface area contributed by atoms with Crippen molar-refractivity contribution in [3.8, 4) is 17.2 Å². The lowest BCUT2D eigenvalue weighted by molar-refractivity contribution is 0.0446. The lowest BCUT2D eigenvalue weighted by atomic mass is 10.1. The zero-order chi connectivity index (χ0) is 19.5. The molecule has 0 aliphatic carbocycles. The van der Waals surface area contributed by atoms with Gasteiger partial charge in [0.15, 0.2) is 19.4 Å². The summed E-state index contributed by atoms with van der Waals surface area (Å²) in [5, 5.41) is 0. The van der Waals surface area contributed by atoms with Crippen LogP contribution in [0.25, 0.3) is 0 Å². The van der Waals surface area contributed by atoms with E-state index in [1.165, 1.54) is 21.3 Å². The minimum absolute atomic E-state index is 0.0258. The molecule has 0 radical (unpaired) electrons. The molecule has 2 aromatic carbocycles. The fourth-order valence-electron chi connectivity index (χ4n) is 2.36. The van der Waals surface area contributed by atoms with Gasteiger partial charge in [0, 0.05) is 26.4 Å². The number of carbonyl (C=O) groups is 1. The monoisotopic (exact) mass is 376 g/mol. The maximum atomic E-state index is 12.7. The molecule has 0 unspecified atom stereocenters. The number of hydrogen-bond acceptors (Lipinski definition) is 7. The van der Waals surface area contributed by atoms with E-state index < -0.39 is 0 Å². The normalized spacial score (nSPS) is 10.5. The third-order valence-electron chi connectivity index (χ3n) is 3.56. The highest BCUT2D eigenvalue weighted by Gasteiger charge is 2.21. The number of carbonyl (C=O) groups excluding carboxylic acids is 1. The van der Waals surface area contributed by atoms with Crippen molar-refractivity contribution in [3.63, 3.8) is 0 Å². The molecule has 2 rings (SSSR count). The summed E-state index contributed by atoms with van der Waals surface area (Å²) in [6.45, 7) is 0.244. The van der Waals surface area contributed by atoms with Crippen molar-refractivity contribution in [2.75, 3.05) is 41.5 Å². The van der Waals surface area contributed by atoms with Crippen LogP contribution in [0.1, 0.15) is 15.9 Å². The summed E-state index contributed by atoms with van der Waals surface area (Å²) in [5.74, 6) is 0.785. The largest absolute Gasteiger partial charge is 0.496 e. The molecule has 146 valence electrons. The van der Waals surface area contributed by atoms with Gasteiger partial charge in [-0.15, -0.1) is 0 Å². The number of Topliss-reactive ketones (excluding diaryl/α,β-unsaturated/α-hetero) is 1. The first kappa shape index (κ1) is 20.7. The van der Waals surface area contributed by atoms with Gasteiger partial charge in [-0.2, -0.15) is 0 Å². The summed E-state index contributed by atoms with van der Waals surface area (Å²) in [7, 11) is 4.48. The van der Waals surface area contributed by atoms with Crippen molar-refractivity contribution < 1.29 is 33.2 Å². The van der Waals surface area contributed by atoms with Crippen molar-refractivity contribution in [1.29, 1.82) is 0 Å². The molecular formula is C20H24O7. The Morgan fingerprint density at radius 3 is 2.22 bits per heavy atom. The van der Waals surface area contributed by atoms with E-state index in [1.54, 1.807) is 12.1 Å². The fraction of sp³-hybridized carbons (Fsp3) is 0.350. The number of ketones is 1. The second kappa shape index (κ2) is 11.2. The van der Waals surface area contributed by atoms with E-state index in [-0.39, 0.29) is 37.3 Å². The zero-order valence-electron chi connectivity index (χ0n) is 15.7. The van der Waals surface area contributed by atoms with Crippen LogP contribution in [0.3, 0.4) is 0 Å². The maximum absolute atomic E-state index is 12.7. The summed E-state index contributed by atoms with van der Waals surface area (Å²) < 4.78 is 31.7. The highest BCUT2D eigenvalue weighted by atomic mass is 16.7. The van der Waals surface area contributed by atoms with Crippen LogP contribution in [0.4, 0.5) is 0 Å². The van der Waals surface area contributed by atoms with E-state index in [9.17, 15) is 4.79 Å². The molecule has 0 fully saturated rings. The highest BCUT2D eigenvalue weighted by Crippen LogP contribution is 2.35. The smallest absolute Gasteiger partial charge is 0.195 e. The molecule has 7 heteroatoms. The molecule has 0 bridgehead atoms. The van der Waals surface area contributed by atoms with E-state index in [2.05, 4.69) is 0 Å². The van der Waals surface area contributed by atoms with Gasteiger partial charge in [-0.05, 0) is 5.56 Å². The van der Waals surface area contributed by atoms with Gasteiger partial charge in [0.25, 0.3) is 0 Å². The van der Waals surface area contributed by atoms with E-state index in [4.69, 9.17) is 28.4 Å². The molecule has 0 atom stereocenters. The molecule has 0 aliphatic heterocycles. The predicted octanol–water partition coefficient (Wildman–Crippen LogP) is 3.06. The van der Waals surface area contributed by atoms with Gasteiger partial charge in [0.2, 0.25) is 0 Å². The summed E-state index contributed by atoms with van der Waals surface area (Å²) in [4.78, 5) is 12.7. The van der Waals surface area contributed by atoms with Crippen molar-refractivity contribution in [3.05, 3.63) is 53.6 Å². The average Bonchev–Trinajstić information content (AvgIpc) is 2.70. The third kappa shape index (κ3) is 6.25. The van der Waals surface area contributed by atoms with Crippen LogP contribution < -0.4 is 14.2 Å². The number of rotatable bonds is 12. The fourth-order valence-corrected chi connectivity index (χ4v) is 2.36. The molecule has 0 saturated carbocycles. The van der Waals surface area contributed by atoms with Crippen LogP contribution in [0.5, 0.6) is 17.2 Å². The molecule has 27 heavy (non-hydrogen) atoms. The minimum Gasteiger partial charge on any atom is -0.496 e. The summed E-state index contributed by atoms with van der Waals surface area (Å²) in [5.41, 5.74) is 1.25. The number of benzene rings is 2. The Labute approximate surface area is 158 Å². The quantitative estimate of drug-likeness (QED) is 0.416. The van der Waals surface area contributed by atoms with Crippen molar-refractivity contribution in [1.82, 2.24) is 0 Å². The first-order valence-corrected chi connectivity index (χ1v) is 8.30. The molecule has 0 saturated heterocycles. The van der Waals surface area contributed by atoms with E-state index >= 15 is 0 Å². The Hall–Kier alpha value is -2.61. The highest BCUT2D eigenvalue weighted by molar-refractivity contribution is 6.02. The number of ether oxygens (including phenoxy) is 6. The molecule has 0 N–H and O–H groups in total. The van der Waals surface area contributed by atoms with Gasteiger partial charge in [0.1, 0.15) is 29.4 Å². The Morgan fingerprint density at radius 2 is 1.56 bits per heavy atom. The van der Waals surface area contributed by atoms with E-state index in [0.717, 1.165) is 5.56 Å². The molecular weight excluding hydrogens is 352 g/mol. The second-order valence-corrected chi connectivity index (χ2v) is 5.50. The van der Waals surface area contributed by atoms with Gasteiger partial charge in [-0.1, -0.05) is 30.3 Å². The van der Waals surface area contributed by atoms with Crippen LogP contribution in [0.2, 0.25) is 0 Å². The molecule has 0 aliphatic rings. The average molecular weight is 376 g/mol. The Kier molecular flexibility index (Phi) is 8.57. The molecule has 7 nitrogen and oxygen atoms in total. The van der Waals surface area contributed by atoms with Gasteiger partial charge in [-0.25, -0.2) is 0 Å². The molecule has 0 aromatic heterocycles. The third-order valence-corrected chi connectivity index (χ3v) is 3.56. The Morgan fingerprint density at radius 1 is 0.889 bits per heavy atom.